The molecule has 0 saturated heterocycles. The van der Waals surface area contributed by atoms with Gasteiger partial charge >= 0.3 is 0 Å². The summed E-state index contributed by atoms with van der Waals surface area (Å²) in [5.41, 5.74) is 3.06. The second kappa shape index (κ2) is 9.19. The van der Waals surface area contributed by atoms with Crippen LogP contribution < -0.4 is 29.8 Å². The van der Waals surface area contributed by atoms with Gasteiger partial charge in [-0.15, -0.1) is 0 Å². The minimum absolute atomic E-state index is 0.203. The minimum atomic E-state index is -0.408. The van der Waals surface area contributed by atoms with Crippen LogP contribution in [0.25, 0.3) is 10.9 Å². The lowest BCUT2D eigenvalue weighted by Gasteiger charge is -2.39. The summed E-state index contributed by atoms with van der Waals surface area (Å²) < 4.78 is 21.9. The van der Waals surface area contributed by atoms with Gasteiger partial charge < -0.3 is 34.1 Å². The molecule has 3 aromatic rings. The molecule has 0 unspecified atom stereocenters. The van der Waals surface area contributed by atoms with Crippen LogP contribution >= 0.6 is 12.2 Å². The third-order valence-corrected chi connectivity index (χ3v) is 6.46. The number of pyridine rings is 1. The highest BCUT2D eigenvalue weighted by Gasteiger charge is 2.33. The number of nitrogens with one attached hydrogen (secondary N) is 2. The van der Waals surface area contributed by atoms with E-state index in [-0.39, 0.29) is 5.56 Å². The number of fused-ring (bicyclic) bond motifs is 2. The second-order valence-corrected chi connectivity index (χ2v) is 8.04. The summed E-state index contributed by atoms with van der Waals surface area (Å²) in [4.78, 5) is 18.4. The number of thiocarbonyl (C=S) groups is 1. The van der Waals surface area contributed by atoms with Crippen LogP contribution in [0.2, 0.25) is 0 Å². The van der Waals surface area contributed by atoms with E-state index in [1.54, 1.807) is 41.6 Å². The van der Waals surface area contributed by atoms with E-state index in [2.05, 4.69) is 10.3 Å². The molecule has 4 rings (SSSR count). The number of methoxy groups -OCH3 is 4. The fourth-order valence-corrected chi connectivity index (χ4v) is 4.59. The van der Waals surface area contributed by atoms with Crippen molar-refractivity contribution in [3.05, 3.63) is 57.4 Å². The fraction of sp³-hybridized carbons (Fsp3) is 0.333. The smallest absolute Gasteiger partial charge is 0.254 e. The van der Waals surface area contributed by atoms with E-state index in [0.717, 1.165) is 22.9 Å². The topological polar surface area (TPSA) is 85.1 Å². The molecule has 1 aliphatic rings. The van der Waals surface area contributed by atoms with Gasteiger partial charge in [-0.2, -0.15) is 0 Å². The van der Waals surface area contributed by atoms with Gasteiger partial charge in [0.05, 0.1) is 40.0 Å². The summed E-state index contributed by atoms with van der Waals surface area (Å²) in [7, 11) is 8.14. The summed E-state index contributed by atoms with van der Waals surface area (Å²) in [5, 5.41) is 4.45. The molecule has 0 aliphatic carbocycles. The number of H-pyrrole nitrogens is 1. The summed E-state index contributed by atoms with van der Waals surface area (Å²) >= 11 is 5.61. The van der Waals surface area contributed by atoms with E-state index in [9.17, 15) is 4.79 Å². The Morgan fingerprint density at radius 3 is 2.18 bits per heavy atom. The number of hydrogen-bond donors (Lipinski definition) is 2. The first-order valence-electron chi connectivity index (χ1n) is 10.5. The van der Waals surface area contributed by atoms with Gasteiger partial charge in [-0.1, -0.05) is 0 Å². The van der Waals surface area contributed by atoms with Crippen molar-refractivity contribution in [1.29, 1.82) is 0 Å². The van der Waals surface area contributed by atoms with Gasteiger partial charge in [0.25, 0.3) is 5.56 Å². The summed E-state index contributed by atoms with van der Waals surface area (Å²) in [5.74, 6) is 2.39. The van der Waals surface area contributed by atoms with Crippen molar-refractivity contribution < 1.29 is 18.9 Å². The molecule has 2 N–H and O–H groups in total. The average molecular weight is 470 g/mol. The molecule has 2 aromatic carbocycles. The fourth-order valence-electron chi connectivity index (χ4n) is 4.40. The number of hydrogen-bond acceptors (Lipinski definition) is 6. The largest absolute Gasteiger partial charge is 0.493 e. The number of aromatic amines is 1. The molecule has 0 spiro atoms. The van der Waals surface area contributed by atoms with Crippen LogP contribution in [-0.4, -0.2) is 57.0 Å². The highest BCUT2D eigenvalue weighted by molar-refractivity contribution is 7.80. The van der Waals surface area contributed by atoms with Crippen LogP contribution in [0.4, 0.5) is 0 Å². The molecule has 0 radical (unpaired) electrons. The standard InChI is InChI=1S/C24H27N3O5S/c1-25-24(33)27-7-6-13-9-18(29-2)20(31-4)11-15(13)22(27)16-8-14-10-19(30-3)21(32-5)12-17(14)26-23(16)28/h8-12,22H,6-7H2,1-5H3,(H,25,33)(H,26,28)/t22-/m0/s1. The van der Waals surface area contributed by atoms with Gasteiger partial charge in [-0.3, -0.25) is 4.79 Å². The quantitative estimate of drug-likeness (QED) is 0.552. The molecule has 0 fully saturated rings. The molecule has 9 heteroatoms. The Bertz CT molecular complexity index is 1270. The first kappa shape index (κ1) is 22.7. The number of rotatable bonds is 5. The molecule has 0 saturated carbocycles. The van der Waals surface area contributed by atoms with Gasteiger partial charge in [0, 0.05) is 30.6 Å². The number of nitrogens with zero attached hydrogens (tertiary/aromatic N) is 1. The van der Waals surface area contributed by atoms with Gasteiger partial charge in [0.2, 0.25) is 0 Å². The summed E-state index contributed by atoms with van der Waals surface area (Å²) in [6.45, 7) is 0.649. The van der Waals surface area contributed by atoms with Crippen LogP contribution in [-0.2, 0) is 6.42 Å². The van der Waals surface area contributed by atoms with E-state index >= 15 is 0 Å². The predicted octanol–water partition coefficient (Wildman–Crippen LogP) is 3.01. The first-order valence-corrected chi connectivity index (χ1v) is 10.9. The molecule has 1 aliphatic heterocycles. The van der Waals surface area contributed by atoms with Crippen LogP contribution in [0, 0.1) is 0 Å². The maximum absolute atomic E-state index is 13.4. The van der Waals surface area contributed by atoms with Crippen LogP contribution in [0.3, 0.4) is 0 Å². The van der Waals surface area contributed by atoms with Crippen molar-refractivity contribution in [2.75, 3.05) is 42.0 Å². The van der Waals surface area contributed by atoms with Crippen molar-refractivity contribution in [1.82, 2.24) is 15.2 Å². The van der Waals surface area contributed by atoms with Gasteiger partial charge in [-0.25, -0.2) is 0 Å². The van der Waals surface area contributed by atoms with Crippen LogP contribution in [0.1, 0.15) is 22.7 Å². The highest BCUT2D eigenvalue weighted by atomic mass is 32.1. The van der Waals surface area contributed by atoms with E-state index in [4.69, 9.17) is 31.2 Å². The zero-order valence-corrected chi connectivity index (χ0v) is 20.1. The van der Waals surface area contributed by atoms with Gasteiger partial charge in [0.1, 0.15) is 0 Å². The minimum Gasteiger partial charge on any atom is -0.493 e. The first-order chi connectivity index (χ1) is 15.9. The molecule has 8 nitrogen and oxygen atoms in total. The lowest BCUT2D eigenvalue weighted by molar-refractivity contribution is 0.324. The number of benzene rings is 2. The zero-order chi connectivity index (χ0) is 23.7. The molecule has 0 amide bonds. The third-order valence-electron chi connectivity index (χ3n) is 6.02. The second-order valence-electron chi connectivity index (χ2n) is 7.66. The molecule has 1 atom stereocenters. The van der Waals surface area contributed by atoms with Gasteiger partial charge in [0.15, 0.2) is 28.1 Å². The molecular weight excluding hydrogens is 442 g/mol. The Morgan fingerprint density at radius 2 is 1.55 bits per heavy atom. The molecule has 1 aromatic heterocycles. The van der Waals surface area contributed by atoms with Crippen LogP contribution in [0.5, 0.6) is 23.0 Å². The maximum Gasteiger partial charge on any atom is 0.254 e. The zero-order valence-electron chi connectivity index (χ0n) is 19.3. The summed E-state index contributed by atoms with van der Waals surface area (Å²) in [6, 6.07) is 9.00. The Balaban J connectivity index is 1.97. The Hall–Kier alpha value is -3.46. The molecule has 0 bridgehead atoms. The lowest BCUT2D eigenvalue weighted by atomic mass is 9.88. The average Bonchev–Trinajstić information content (AvgIpc) is 2.85. The van der Waals surface area contributed by atoms with Crippen molar-refractivity contribution in [2.24, 2.45) is 0 Å². The predicted molar refractivity (Wildman–Crippen MR) is 131 cm³/mol. The summed E-state index contributed by atoms with van der Waals surface area (Å²) in [6.07, 6.45) is 0.754. The number of aromatic nitrogens is 1. The number of ether oxygens (including phenoxy) is 4. The molecule has 33 heavy (non-hydrogen) atoms. The Morgan fingerprint density at radius 1 is 0.939 bits per heavy atom. The third kappa shape index (κ3) is 3.93. The van der Waals surface area contributed by atoms with Crippen molar-refractivity contribution >= 4 is 28.2 Å². The monoisotopic (exact) mass is 469 g/mol. The highest BCUT2D eigenvalue weighted by Crippen LogP contribution is 2.41. The Kier molecular flexibility index (Phi) is 6.33. The van der Waals surface area contributed by atoms with E-state index < -0.39 is 6.04 Å². The van der Waals surface area contributed by atoms with Gasteiger partial charge in [-0.05, 0) is 54.0 Å². The lowest BCUT2D eigenvalue weighted by Crippen LogP contribution is -2.46. The maximum atomic E-state index is 13.4. The van der Waals surface area contributed by atoms with E-state index in [1.165, 1.54) is 0 Å². The van der Waals surface area contributed by atoms with Crippen molar-refractivity contribution in [3.63, 3.8) is 0 Å². The SMILES string of the molecule is CNC(=S)N1CCc2cc(OC)c(OC)cc2[C@H]1c1cc2cc(OC)c(OC)cc2[nH]c1=O. The van der Waals surface area contributed by atoms with Crippen LogP contribution in [0.15, 0.2) is 35.1 Å². The molecular formula is C24H27N3O5S. The van der Waals surface area contributed by atoms with Crippen molar-refractivity contribution in [2.45, 2.75) is 12.5 Å². The van der Waals surface area contributed by atoms with E-state index in [1.807, 2.05) is 29.2 Å². The Labute approximate surface area is 197 Å². The molecule has 174 valence electrons. The normalized spacial score (nSPS) is 15.1. The molecule has 2 heterocycles. The van der Waals surface area contributed by atoms with Crippen molar-refractivity contribution in [3.8, 4) is 23.0 Å². The van der Waals surface area contributed by atoms with E-state index in [0.29, 0.717) is 45.7 Å².